The van der Waals surface area contributed by atoms with Gasteiger partial charge in [-0.25, -0.2) is 8.42 Å². The van der Waals surface area contributed by atoms with E-state index >= 15 is 0 Å². The Kier molecular flexibility index (Phi) is 5.62. The van der Waals surface area contributed by atoms with Crippen molar-refractivity contribution in [3.8, 4) is 0 Å². The van der Waals surface area contributed by atoms with E-state index < -0.39 is 9.84 Å². The van der Waals surface area contributed by atoms with Crippen molar-refractivity contribution in [3.05, 3.63) is 22.4 Å². The van der Waals surface area contributed by atoms with Crippen LogP contribution in [0, 0.1) is 0 Å². The molecule has 3 nitrogen and oxygen atoms in total. The topological polar surface area (TPSA) is 46.2 Å². The molecule has 17 heavy (non-hydrogen) atoms. The standard InChI is InChI=1S/C12H21NO2S2/c1-4-10(2)17(14,15)11(3)8-13-9-12-6-5-7-16-12/h5-7,10-11,13H,4,8-9H2,1-3H3. The summed E-state index contributed by atoms with van der Waals surface area (Å²) in [5, 5.41) is 4.66. The first-order valence-corrected chi connectivity index (χ1v) is 8.43. The second-order valence-electron chi connectivity index (χ2n) is 4.33. The fourth-order valence-corrected chi connectivity index (χ4v) is 3.84. The highest BCUT2D eigenvalue weighted by Gasteiger charge is 2.25. The van der Waals surface area contributed by atoms with Crippen molar-refractivity contribution in [3.63, 3.8) is 0 Å². The summed E-state index contributed by atoms with van der Waals surface area (Å²) in [5.41, 5.74) is 0. The first-order chi connectivity index (χ1) is 7.98. The van der Waals surface area contributed by atoms with E-state index in [1.54, 1.807) is 25.2 Å². The third kappa shape index (κ3) is 4.08. The van der Waals surface area contributed by atoms with E-state index in [1.807, 2.05) is 24.4 Å². The Labute approximate surface area is 108 Å². The maximum absolute atomic E-state index is 12.0. The number of thiophene rings is 1. The van der Waals surface area contributed by atoms with Gasteiger partial charge in [-0.15, -0.1) is 11.3 Å². The highest BCUT2D eigenvalue weighted by atomic mass is 32.2. The van der Waals surface area contributed by atoms with Crippen molar-refractivity contribution in [2.75, 3.05) is 6.54 Å². The zero-order valence-electron chi connectivity index (χ0n) is 10.6. The van der Waals surface area contributed by atoms with Crippen LogP contribution in [0.15, 0.2) is 17.5 Å². The minimum atomic E-state index is -2.99. The van der Waals surface area contributed by atoms with Gasteiger partial charge in [0.15, 0.2) is 9.84 Å². The van der Waals surface area contributed by atoms with Gasteiger partial charge in [-0.05, 0) is 31.7 Å². The van der Waals surface area contributed by atoms with Gasteiger partial charge in [-0.1, -0.05) is 13.0 Å². The molecule has 0 saturated carbocycles. The minimum Gasteiger partial charge on any atom is -0.311 e. The van der Waals surface area contributed by atoms with E-state index in [0.29, 0.717) is 13.0 Å². The average Bonchev–Trinajstić information content (AvgIpc) is 2.80. The maximum Gasteiger partial charge on any atom is 0.156 e. The fourth-order valence-electron chi connectivity index (χ4n) is 1.56. The molecule has 1 aromatic heterocycles. The molecular formula is C12H21NO2S2. The second kappa shape index (κ2) is 6.52. The molecule has 0 spiro atoms. The number of hydrogen-bond acceptors (Lipinski definition) is 4. The van der Waals surface area contributed by atoms with E-state index in [0.717, 1.165) is 6.54 Å². The Hall–Kier alpha value is -0.390. The summed E-state index contributed by atoms with van der Waals surface area (Å²) in [6.45, 7) is 6.74. The van der Waals surface area contributed by atoms with Crippen molar-refractivity contribution >= 4 is 21.2 Å². The average molecular weight is 275 g/mol. The lowest BCUT2D eigenvalue weighted by molar-refractivity contribution is 0.558. The number of hydrogen-bond donors (Lipinski definition) is 1. The van der Waals surface area contributed by atoms with Gasteiger partial charge in [0.2, 0.25) is 0 Å². The fraction of sp³-hybridized carbons (Fsp3) is 0.667. The van der Waals surface area contributed by atoms with Crippen molar-refractivity contribution in [2.45, 2.75) is 44.2 Å². The number of rotatable bonds is 7. The van der Waals surface area contributed by atoms with Gasteiger partial charge in [0.25, 0.3) is 0 Å². The van der Waals surface area contributed by atoms with Crippen molar-refractivity contribution in [1.82, 2.24) is 5.32 Å². The molecule has 0 radical (unpaired) electrons. The predicted molar refractivity (Wildman–Crippen MR) is 74.2 cm³/mol. The summed E-state index contributed by atoms with van der Waals surface area (Å²) < 4.78 is 24.0. The zero-order valence-corrected chi connectivity index (χ0v) is 12.3. The Morgan fingerprint density at radius 2 is 2.06 bits per heavy atom. The molecule has 0 aromatic carbocycles. The Morgan fingerprint density at radius 3 is 2.59 bits per heavy atom. The molecular weight excluding hydrogens is 254 g/mol. The van der Waals surface area contributed by atoms with E-state index in [1.165, 1.54) is 4.88 Å². The summed E-state index contributed by atoms with van der Waals surface area (Å²) in [5.74, 6) is 0. The Morgan fingerprint density at radius 1 is 1.35 bits per heavy atom. The van der Waals surface area contributed by atoms with Crippen LogP contribution >= 0.6 is 11.3 Å². The van der Waals surface area contributed by atoms with E-state index in [9.17, 15) is 8.42 Å². The summed E-state index contributed by atoms with van der Waals surface area (Å²) in [7, 11) is -2.99. The molecule has 1 N–H and O–H groups in total. The van der Waals surface area contributed by atoms with Gasteiger partial charge >= 0.3 is 0 Å². The molecule has 2 unspecified atom stereocenters. The van der Waals surface area contributed by atoms with Crippen molar-refractivity contribution < 1.29 is 8.42 Å². The first kappa shape index (κ1) is 14.7. The van der Waals surface area contributed by atoms with Crippen molar-refractivity contribution in [2.24, 2.45) is 0 Å². The molecule has 0 aliphatic heterocycles. The molecule has 0 aliphatic carbocycles. The smallest absolute Gasteiger partial charge is 0.156 e. The van der Waals surface area contributed by atoms with Crippen LogP contribution in [0.1, 0.15) is 32.1 Å². The lowest BCUT2D eigenvalue weighted by atomic mass is 10.4. The normalized spacial score (nSPS) is 15.7. The van der Waals surface area contributed by atoms with Crippen LogP contribution in [0.2, 0.25) is 0 Å². The largest absolute Gasteiger partial charge is 0.311 e. The van der Waals surface area contributed by atoms with Crippen LogP contribution in [-0.4, -0.2) is 25.5 Å². The van der Waals surface area contributed by atoms with Crippen LogP contribution < -0.4 is 5.32 Å². The molecule has 98 valence electrons. The number of nitrogens with one attached hydrogen (secondary N) is 1. The summed E-state index contributed by atoms with van der Waals surface area (Å²) in [6, 6.07) is 4.05. The molecule has 0 bridgehead atoms. The summed E-state index contributed by atoms with van der Waals surface area (Å²) >= 11 is 1.68. The van der Waals surface area contributed by atoms with E-state index in [2.05, 4.69) is 5.32 Å². The second-order valence-corrected chi connectivity index (χ2v) is 8.15. The van der Waals surface area contributed by atoms with Crippen LogP contribution in [0.25, 0.3) is 0 Å². The highest BCUT2D eigenvalue weighted by molar-refractivity contribution is 7.92. The minimum absolute atomic E-state index is 0.249. The predicted octanol–water partition coefficient (Wildman–Crippen LogP) is 2.44. The molecule has 0 aliphatic rings. The third-order valence-electron chi connectivity index (χ3n) is 3.01. The van der Waals surface area contributed by atoms with Crippen LogP contribution in [-0.2, 0) is 16.4 Å². The molecule has 2 atom stereocenters. The summed E-state index contributed by atoms with van der Waals surface area (Å²) in [4.78, 5) is 1.23. The molecule has 1 rings (SSSR count). The van der Waals surface area contributed by atoms with Gasteiger partial charge in [0.1, 0.15) is 0 Å². The number of sulfone groups is 1. The molecule has 5 heteroatoms. The Bertz CT molecular complexity index is 412. The highest BCUT2D eigenvalue weighted by Crippen LogP contribution is 2.12. The molecule has 1 heterocycles. The van der Waals surface area contributed by atoms with E-state index in [4.69, 9.17) is 0 Å². The third-order valence-corrected chi connectivity index (χ3v) is 6.63. The lowest BCUT2D eigenvalue weighted by Crippen LogP contribution is -2.35. The van der Waals surface area contributed by atoms with Crippen LogP contribution in [0.4, 0.5) is 0 Å². The van der Waals surface area contributed by atoms with E-state index in [-0.39, 0.29) is 10.5 Å². The van der Waals surface area contributed by atoms with Gasteiger partial charge in [-0.3, -0.25) is 0 Å². The molecule has 0 saturated heterocycles. The molecule has 0 amide bonds. The van der Waals surface area contributed by atoms with Gasteiger partial charge in [-0.2, -0.15) is 0 Å². The first-order valence-electron chi connectivity index (χ1n) is 5.94. The zero-order chi connectivity index (χ0) is 12.9. The SMILES string of the molecule is CCC(C)S(=O)(=O)C(C)CNCc1cccs1. The maximum atomic E-state index is 12.0. The van der Waals surface area contributed by atoms with Crippen LogP contribution in [0.5, 0.6) is 0 Å². The van der Waals surface area contributed by atoms with Gasteiger partial charge in [0, 0.05) is 18.0 Å². The lowest BCUT2D eigenvalue weighted by Gasteiger charge is -2.17. The van der Waals surface area contributed by atoms with Gasteiger partial charge < -0.3 is 5.32 Å². The van der Waals surface area contributed by atoms with Crippen molar-refractivity contribution in [1.29, 1.82) is 0 Å². The van der Waals surface area contributed by atoms with Gasteiger partial charge in [0.05, 0.1) is 10.5 Å². The summed E-state index contributed by atoms with van der Waals surface area (Å²) in [6.07, 6.45) is 0.678. The molecule has 1 aromatic rings. The monoisotopic (exact) mass is 275 g/mol. The van der Waals surface area contributed by atoms with Crippen LogP contribution in [0.3, 0.4) is 0 Å². The quantitative estimate of drug-likeness (QED) is 0.831. The molecule has 0 fully saturated rings. The Balaban J connectivity index is 2.41.